The molecule has 1 aromatic heterocycles. The van der Waals surface area contributed by atoms with Gasteiger partial charge in [0.15, 0.2) is 0 Å². The van der Waals surface area contributed by atoms with Crippen LogP contribution in [0.25, 0.3) is 11.0 Å². The Morgan fingerprint density at radius 3 is 3.00 bits per heavy atom. The summed E-state index contributed by atoms with van der Waals surface area (Å²) in [5.41, 5.74) is 11.5. The second-order valence-corrected chi connectivity index (χ2v) is 5.61. The highest BCUT2D eigenvalue weighted by molar-refractivity contribution is 5.74. The summed E-state index contributed by atoms with van der Waals surface area (Å²) < 4.78 is 0. The molecule has 0 saturated carbocycles. The summed E-state index contributed by atoms with van der Waals surface area (Å²) in [6.07, 6.45) is 2.27. The van der Waals surface area contributed by atoms with Gasteiger partial charge in [-0.2, -0.15) is 0 Å². The van der Waals surface area contributed by atoms with E-state index in [-0.39, 0.29) is 0 Å². The molecule has 0 atom stereocenters. The van der Waals surface area contributed by atoms with E-state index in [4.69, 9.17) is 5.73 Å². The standard InChI is InChI=1S/C17H18N4/c18-13-7-8-16-12(10-13)4-3-9-21(16)11-17-19-14-5-1-2-6-15(14)20-17/h1-2,5-8,10H,3-4,9,11,18H2,(H,19,20). The molecular formula is C17H18N4. The third kappa shape index (κ3) is 2.23. The van der Waals surface area contributed by atoms with Gasteiger partial charge in [0.25, 0.3) is 0 Å². The first-order valence-corrected chi connectivity index (χ1v) is 7.36. The van der Waals surface area contributed by atoms with Gasteiger partial charge in [0.1, 0.15) is 5.82 Å². The third-order valence-corrected chi connectivity index (χ3v) is 4.10. The van der Waals surface area contributed by atoms with Gasteiger partial charge in [0.2, 0.25) is 0 Å². The number of nitrogen functional groups attached to an aromatic ring is 1. The maximum atomic E-state index is 5.89. The topological polar surface area (TPSA) is 57.9 Å². The van der Waals surface area contributed by atoms with Crippen LogP contribution >= 0.6 is 0 Å². The summed E-state index contributed by atoms with van der Waals surface area (Å²) in [4.78, 5) is 10.5. The predicted molar refractivity (Wildman–Crippen MR) is 86.3 cm³/mol. The zero-order valence-electron chi connectivity index (χ0n) is 11.8. The number of hydrogen-bond acceptors (Lipinski definition) is 3. The van der Waals surface area contributed by atoms with Gasteiger partial charge in [-0.05, 0) is 48.7 Å². The Labute approximate surface area is 123 Å². The lowest BCUT2D eigenvalue weighted by Crippen LogP contribution is -2.29. The lowest BCUT2D eigenvalue weighted by Gasteiger charge is -2.30. The van der Waals surface area contributed by atoms with Crippen molar-refractivity contribution < 1.29 is 0 Å². The molecule has 3 N–H and O–H groups in total. The number of nitrogens with zero attached hydrogens (tertiary/aromatic N) is 2. The quantitative estimate of drug-likeness (QED) is 0.708. The van der Waals surface area contributed by atoms with Gasteiger partial charge < -0.3 is 15.6 Å². The zero-order valence-corrected chi connectivity index (χ0v) is 11.8. The second-order valence-electron chi connectivity index (χ2n) is 5.61. The van der Waals surface area contributed by atoms with E-state index in [2.05, 4.69) is 33.1 Å². The molecule has 0 spiro atoms. The molecule has 0 saturated heterocycles. The fraction of sp³-hybridized carbons (Fsp3) is 0.235. The van der Waals surface area contributed by atoms with Crippen LogP contribution in [-0.2, 0) is 13.0 Å². The minimum Gasteiger partial charge on any atom is -0.399 e. The van der Waals surface area contributed by atoms with Crippen molar-refractivity contribution >= 4 is 22.4 Å². The molecule has 21 heavy (non-hydrogen) atoms. The monoisotopic (exact) mass is 278 g/mol. The van der Waals surface area contributed by atoms with Gasteiger partial charge in [-0.15, -0.1) is 0 Å². The molecule has 0 unspecified atom stereocenters. The summed E-state index contributed by atoms with van der Waals surface area (Å²) in [6.45, 7) is 1.87. The molecule has 0 radical (unpaired) electrons. The van der Waals surface area contributed by atoms with Crippen molar-refractivity contribution in [2.45, 2.75) is 19.4 Å². The maximum Gasteiger partial charge on any atom is 0.126 e. The minimum absolute atomic E-state index is 0.811. The number of aromatic amines is 1. The number of nitrogens with two attached hydrogens (primary N) is 1. The number of hydrogen-bond donors (Lipinski definition) is 2. The van der Waals surface area contributed by atoms with E-state index >= 15 is 0 Å². The second kappa shape index (κ2) is 4.81. The minimum atomic E-state index is 0.811. The van der Waals surface area contributed by atoms with Crippen LogP contribution in [0.3, 0.4) is 0 Å². The van der Waals surface area contributed by atoms with E-state index in [1.54, 1.807) is 0 Å². The molecule has 2 heterocycles. The number of benzene rings is 2. The molecule has 0 bridgehead atoms. The number of aromatic nitrogens is 2. The van der Waals surface area contributed by atoms with Crippen molar-refractivity contribution in [1.82, 2.24) is 9.97 Å². The molecule has 0 amide bonds. The molecule has 4 nitrogen and oxygen atoms in total. The number of nitrogens with one attached hydrogen (secondary N) is 1. The molecule has 1 aliphatic heterocycles. The van der Waals surface area contributed by atoms with Crippen LogP contribution in [0.5, 0.6) is 0 Å². The van der Waals surface area contributed by atoms with Crippen molar-refractivity contribution in [1.29, 1.82) is 0 Å². The first-order chi connectivity index (χ1) is 10.3. The fourth-order valence-electron chi connectivity index (χ4n) is 3.12. The Hall–Kier alpha value is -2.49. The molecule has 4 rings (SSSR count). The molecule has 2 aromatic carbocycles. The van der Waals surface area contributed by atoms with Crippen LogP contribution < -0.4 is 10.6 Å². The number of anilines is 2. The Morgan fingerprint density at radius 2 is 2.10 bits per heavy atom. The van der Waals surface area contributed by atoms with Crippen molar-refractivity contribution in [2.24, 2.45) is 0 Å². The van der Waals surface area contributed by atoms with Crippen molar-refractivity contribution in [2.75, 3.05) is 17.2 Å². The van der Waals surface area contributed by atoms with E-state index in [1.165, 1.54) is 11.3 Å². The number of H-pyrrole nitrogens is 1. The predicted octanol–water partition coefficient (Wildman–Crippen LogP) is 3.10. The summed E-state index contributed by atoms with van der Waals surface area (Å²) >= 11 is 0. The number of imidazole rings is 1. The van der Waals surface area contributed by atoms with Crippen molar-refractivity contribution in [3.8, 4) is 0 Å². The van der Waals surface area contributed by atoms with Crippen LogP contribution in [0, 0.1) is 0 Å². The van der Waals surface area contributed by atoms with Crippen LogP contribution in [0.2, 0.25) is 0 Å². The fourth-order valence-corrected chi connectivity index (χ4v) is 3.12. The lowest BCUT2D eigenvalue weighted by atomic mass is 10.0. The van der Waals surface area contributed by atoms with Crippen LogP contribution in [0.4, 0.5) is 11.4 Å². The molecule has 1 aliphatic rings. The van der Waals surface area contributed by atoms with Gasteiger partial charge in [-0.3, -0.25) is 0 Å². The molecular weight excluding hydrogens is 260 g/mol. The number of fused-ring (bicyclic) bond motifs is 2. The van der Waals surface area contributed by atoms with E-state index in [0.717, 1.165) is 48.5 Å². The normalized spacial score (nSPS) is 14.4. The van der Waals surface area contributed by atoms with Crippen molar-refractivity contribution in [3.05, 3.63) is 53.9 Å². The van der Waals surface area contributed by atoms with Gasteiger partial charge in [-0.25, -0.2) is 4.98 Å². The molecule has 0 aliphatic carbocycles. The van der Waals surface area contributed by atoms with Gasteiger partial charge in [0.05, 0.1) is 17.6 Å². The Kier molecular flexibility index (Phi) is 2.81. The molecule has 3 aromatic rings. The highest BCUT2D eigenvalue weighted by Crippen LogP contribution is 2.29. The smallest absolute Gasteiger partial charge is 0.126 e. The van der Waals surface area contributed by atoms with Crippen LogP contribution in [-0.4, -0.2) is 16.5 Å². The first-order valence-electron chi connectivity index (χ1n) is 7.36. The molecule has 0 fully saturated rings. The zero-order chi connectivity index (χ0) is 14.2. The lowest BCUT2D eigenvalue weighted by molar-refractivity contribution is 0.679. The van der Waals surface area contributed by atoms with E-state index in [9.17, 15) is 0 Å². The third-order valence-electron chi connectivity index (χ3n) is 4.10. The summed E-state index contributed by atoms with van der Waals surface area (Å²) in [6, 6.07) is 14.4. The Balaban J connectivity index is 1.66. The molecule has 106 valence electrons. The molecule has 4 heteroatoms. The number of aryl methyl sites for hydroxylation is 1. The summed E-state index contributed by atoms with van der Waals surface area (Å²) in [5, 5.41) is 0. The van der Waals surface area contributed by atoms with Crippen LogP contribution in [0.1, 0.15) is 17.8 Å². The first kappa shape index (κ1) is 12.3. The number of para-hydroxylation sites is 2. The SMILES string of the molecule is Nc1ccc2c(c1)CCCN2Cc1nc2ccccc2[nH]1. The average Bonchev–Trinajstić information content (AvgIpc) is 2.89. The largest absolute Gasteiger partial charge is 0.399 e. The maximum absolute atomic E-state index is 5.89. The average molecular weight is 278 g/mol. The van der Waals surface area contributed by atoms with Gasteiger partial charge in [-0.1, -0.05) is 12.1 Å². The number of rotatable bonds is 2. The highest BCUT2D eigenvalue weighted by atomic mass is 15.2. The Bertz CT molecular complexity index is 757. The van der Waals surface area contributed by atoms with E-state index < -0.39 is 0 Å². The van der Waals surface area contributed by atoms with Gasteiger partial charge in [0, 0.05) is 17.9 Å². The van der Waals surface area contributed by atoms with E-state index in [1.807, 2.05) is 24.3 Å². The summed E-state index contributed by atoms with van der Waals surface area (Å²) in [7, 11) is 0. The van der Waals surface area contributed by atoms with Crippen LogP contribution in [0.15, 0.2) is 42.5 Å². The van der Waals surface area contributed by atoms with Crippen molar-refractivity contribution in [3.63, 3.8) is 0 Å². The highest BCUT2D eigenvalue weighted by Gasteiger charge is 2.18. The summed E-state index contributed by atoms with van der Waals surface area (Å²) in [5.74, 6) is 1.01. The Morgan fingerprint density at radius 1 is 1.19 bits per heavy atom. The van der Waals surface area contributed by atoms with Gasteiger partial charge >= 0.3 is 0 Å². The van der Waals surface area contributed by atoms with E-state index in [0.29, 0.717) is 0 Å².